The summed E-state index contributed by atoms with van der Waals surface area (Å²) >= 11 is 3.78. The lowest BCUT2D eigenvalue weighted by atomic mass is 9.44. The first-order chi connectivity index (χ1) is 15.5. The molecule has 4 aliphatic carbocycles. The zero-order chi connectivity index (χ0) is 23.4. The van der Waals surface area contributed by atoms with Crippen molar-refractivity contribution in [1.29, 1.82) is 0 Å². The van der Waals surface area contributed by atoms with Gasteiger partial charge in [0.05, 0.1) is 6.10 Å². The van der Waals surface area contributed by atoms with E-state index in [4.69, 9.17) is 0 Å². The number of allylic oxidation sites excluding steroid dienone is 1. The summed E-state index contributed by atoms with van der Waals surface area (Å²) in [5.41, 5.74) is -4.29. The Labute approximate surface area is 203 Å². The van der Waals surface area contributed by atoms with E-state index in [9.17, 15) is 19.8 Å². The Balaban J connectivity index is 1.33. The molecule has 5 nitrogen and oxygen atoms in total. The van der Waals surface area contributed by atoms with Gasteiger partial charge in [0.2, 0.25) is 0 Å². The van der Waals surface area contributed by atoms with Crippen molar-refractivity contribution in [2.45, 2.75) is 86.7 Å². The van der Waals surface area contributed by atoms with Crippen LogP contribution in [0.3, 0.4) is 0 Å². The lowest BCUT2D eigenvalue weighted by molar-refractivity contribution is -0.228. The first-order valence-corrected chi connectivity index (χ1v) is 14.5. The fraction of sp³-hybridized carbons (Fsp3) is 0.840. The maximum absolute atomic E-state index is 17.2. The van der Waals surface area contributed by atoms with Crippen molar-refractivity contribution in [3.63, 3.8) is 0 Å². The SMILES string of the molecule is CC12CCC(=O)C=C1CCC1C3CCC(O)(C(=O)N4CC5SCSC5C4)C3(C)CC(O)C12F. The van der Waals surface area contributed by atoms with Gasteiger partial charge in [-0.25, -0.2) is 4.39 Å². The number of aliphatic hydroxyl groups excluding tert-OH is 1. The minimum atomic E-state index is -1.84. The smallest absolute Gasteiger partial charge is 0.255 e. The Kier molecular flexibility index (Phi) is 5.01. The van der Waals surface area contributed by atoms with Crippen LogP contribution >= 0.6 is 23.5 Å². The predicted molar refractivity (Wildman–Crippen MR) is 128 cm³/mol. The number of nitrogens with zero attached hydrogens (tertiary/aromatic N) is 1. The van der Waals surface area contributed by atoms with Gasteiger partial charge in [0.15, 0.2) is 5.78 Å². The number of ketones is 1. The van der Waals surface area contributed by atoms with Crippen molar-refractivity contribution >= 4 is 35.2 Å². The number of carbonyl (C=O) groups is 2. The minimum absolute atomic E-state index is 0.0483. The molecule has 2 aliphatic heterocycles. The highest BCUT2D eigenvalue weighted by Crippen LogP contribution is 2.70. The van der Waals surface area contributed by atoms with Crippen molar-refractivity contribution in [2.75, 3.05) is 18.2 Å². The molecule has 3 saturated carbocycles. The number of carbonyl (C=O) groups excluding carboxylic acids is 2. The monoisotopic (exact) mass is 495 g/mol. The molecule has 2 N–H and O–H groups in total. The molecule has 1 amide bonds. The molecule has 0 aromatic rings. The van der Waals surface area contributed by atoms with Gasteiger partial charge < -0.3 is 15.1 Å². The van der Waals surface area contributed by atoms with Crippen molar-refractivity contribution in [2.24, 2.45) is 22.7 Å². The highest BCUT2D eigenvalue weighted by Gasteiger charge is 2.74. The van der Waals surface area contributed by atoms with Crippen LogP contribution in [0.25, 0.3) is 0 Å². The van der Waals surface area contributed by atoms with Crippen LogP contribution in [-0.2, 0) is 9.59 Å². The van der Waals surface area contributed by atoms with Crippen LogP contribution in [0.4, 0.5) is 4.39 Å². The number of hydrogen-bond acceptors (Lipinski definition) is 6. The molecule has 5 fully saturated rings. The number of hydrogen-bond donors (Lipinski definition) is 2. The summed E-state index contributed by atoms with van der Waals surface area (Å²) in [6.07, 6.45) is 3.28. The van der Waals surface area contributed by atoms with E-state index in [1.54, 1.807) is 6.08 Å². The standard InChI is InChI=1S/C25H34FNO4S2/c1-22-7-5-15(28)9-14(22)3-4-17-16-6-8-24(31,23(16,2)10-20(29)25(17,22)26)21(30)27-11-18-19(12-27)33-13-32-18/h9,16-20,29,31H,3-8,10-13H2,1-2H3. The van der Waals surface area contributed by atoms with Gasteiger partial charge in [-0.1, -0.05) is 19.4 Å². The van der Waals surface area contributed by atoms with Crippen molar-refractivity contribution in [1.82, 2.24) is 4.90 Å². The van der Waals surface area contributed by atoms with Crippen molar-refractivity contribution in [3.8, 4) is 0 Å². The third kappa shape index (κ3) is 2.75. The Hall–Kier alpha value is -0.570. The van der Waals surface area contributed by atoms with Gasteiger partial charge in [0.1, 0.15) is 11.3 Å². The topological polar surface area (TPSA) is 77.8 Å². The molecular weight excluding hydrogens is 461 g/mol. The molecule has 33 heavy (non-hydrogen) atoms. The molecule has 0 aromatic heterocycles. The molecule has 182 valence electrons. The van der Waals surface area contributed by atoms with E-state index in [-0.39, 0.29) is 24.0 Å². The van der Waals surface area contributed by atoms with Crippen LogP contribution in [0, 0.1) is 22.7 Å². The number of likely N-dealkylation sites (tertiary alicyclic amines) is 1. The Bertz CT molecular complexity index is 933. The number of thioether (sulfide) groups is 2. The summed E-state index contributed by atoms with van der Waals surface area (Å²) < 4.78 is 17.2. The highest BCUT2D eigenvalue weighted by molar-refractivity contribution is 8.19. The summed E-state index contributed by atoms with van der Waals surface area (Å²) in [5, 5.41) is 25.3. The zero-order valence-corrected chi connectivity index (χ0v) is 21.0. The van der Waals surface area contributed by atoms with E-state index < -0.39 is 34.1 Å². The first kappa shape index (κ1) is 22.9. The quantitative estimate of drug-likeness (QED) is 0.581. The average Bonchev–Trinajstić information content (AvgIpc) is 3.43. The number of fused-ring (bicyclic) bond motifs is 6. The summed E-state index contributed by atoms with van der Waals surface area (Å²) in [5.74, 6) is -0.756. The van der Waals surface area contributed by atoms with Gasteiger partial charge in [-0.2, -0.15) is 0 Å². The summed E-state index contributed by atoms with van der Waals surface area (Å²) in [6, 6.07) is 0. The van der Waals surface area contributed by atoms with Crippen LogP contribution in [0.1, 0.15) is 58.8 Å². The molecule has 0 aromatic carbocycles. The van der Waals surface area contributed by atoms with Gasteiger partial charge >= 0.3 is 0 Å². The molecule has 9 unspecified atom stereocenters. The summed E-state index contributed by atoms with van der Waals surface area (Å²) in [7, 11) is 0. The van der Waals surface area contributed by atoms with Crippen LogP contribution in [0.15, 0.2) is 11.6 Å². The molecule has 0 spiro atoms. The molecule has 2 saturated heterocycles. The molecule has 2 heterocycles. The average molecular weight is 496 g/mol. The van der Waals surface area contributed by atoms with E-state index in [2.05, 4.69) is 0 Å². The molecule has 9 atom stereocenters. The summed E-state index contributed by atoms with van der Waals surface area (Å²) in [6.45, 7) is 5.14. The van der Waals surface area contributed by atoms with Gasteiger partial charge in [-0.15, -0.1) is 23.5 Å². The lowest BCUT2D eigenvalue weighted by Crippen LogP contribution is -2.70. The zero-order valence-electron chi connectivity index (χ0n) is 19.4. The van der Waals surface area contributed by atoms with E-state index in [1.807, 2.05) is 42.3 Å². The number of alkyl halides is 1. The molecule has 8 heteroatoms. The largest absolute Gasteiger partial charge is 0.390 e. The van der Waals surface area contributed by atoms with Gasteiger partial charge in [-0.05, 0) is 50.5 Å². The van der Waals surface area contributed by atoms with Crippen LogP contribution in [0.2, 0.25) is 0 Å². The number of rotatable bonds is 1. The maximum atomic E-state index is 17.2. The van der Waals surface area contributed by atoms with Crippen molar-refractivity contribution < 1.29 is 24.2 Å². The van der Waals surface area contributed by atoms with Crippen molar-refractivity contribution in [3.05, 3.63) is 11.6 Å². The Morgan fingerprint density at radius 2 is 1.82 bits per heavy atom. The fourth-order valence-electron chi connectivity index (χ4n) is 8.63. The fourth-order valence-corrected chi connectivity index (χ4v) is 12.0. The van der Waals surface area contributed by atoms with E-state index in [0.717, 1.165) is 10.7 Å². The number of aliphatic hydroxyl groups is 2. The Morgan fingerprint density at radius 1 is 1.12 bits per heavy atom. The minimum Gasteiger partial charge on any atom is -0.390 e. The third-order valence-electron chi connectivity index (χ3n) is 10.6. The second kappa shape index (κ2) is 7.23. The second-order valence-corrected chi connectivity index (χ2v) is 14.6. The summed E-state index contributed by atoms with van der Waals surface area (Å²) in [4.78, 5) is 27.7. The van der Waals surface area contributed by atoms with Crippen LogP contribution in [0.5, 0.6) is 0 Å². The second-order valence-electron chi connectivity index (χ2n) is 11.8. The highest BCUT2D eigenvalue weighted by atomic mass is 32.2. The van der Waals surface area contributed by atoms with Crippen LogP contribution in [-0.4, -0.2) is 72.9 Å². The molecule has 0 bridgehead atoms. The van der Waals surface area contributed by atoms with E-state index in [0.29, 0.717) is 62.1 Å². The maximum Gasteiger partial charge on any atom is 0.255 e. The number of halogens is 1. The lowest BCUT2D eigenvalue weighted by Gasteiger charge is -2.63. The Morgan fingerprint density at radius 3 is 2.52 bits per heavy atom. The van der Waals surface area contributed by atoms with Gasteiger partial charge in [0, 0.05) is 51.8 Å². The predicted octanol–water partition coefficient (Wildman–Crippen LogP) is 3.33. The molecule has 6 aliphatic rings. The van der Waals surface area contributed by atoms with E-state index >= 15 is 4.39 Å². The third-order valence-corrected chi connectivity index (χ3v) is 13.7. The molecular formula is C25H34FNO4S2. The normalized spacial score (nSPS) is 53.2. The van der Waals surface area contributed by atoms with Crippen LogP contribution < -0.4 is 0 Å². The van der Waals surface area contributed by atoms with Gasteiger partial charge in [-0.3, -0.25) is 9.59 Å². The molecule has 6 rings (SSSR count). The molecule has 0 radical (unpaired) electrons. The first-order valence-electron chi connectivity index (χ1n) is 12.4. The van der Waals surface area contributed by atoms with Gasteiger partial charge in [0.25, 0.3) is 5.91 Å². The van der Waals surface area contributed by atoms with E-state index in [1.165, 1.54) is 0 Å². The number of amides is 1.